The fourth-order valence-corrected chi connectivity index (χ4v) is 4.88. The number of aromatic nitrogens is 2. The molecule has 1 heterocycles. The summed E-state index contributed by atoms with van der Waals surface area (Å²) in [5, 5.41) is 7.14. The summed E-state index contributed by atoms with van der Waals surface area (Å²) in [6, 6.07) is 0.684. The molecule has 0 spiro atoms. The van der Waals surface area contributed by atoms with E-state index in [1.807, 2.05) is 0 Å². The fraction of sp³-hybridized carbons (Fsp3) is 0.765. The van der Waals surface area contributed by atoms with Crippen molar-refractivity contribution < 1.29 is 0 Å². The van der Waals surface area contributed by atoms with Gasteiger partial charge in [-0.1, -0.05) is 6.92 Å². The average molecular weight is 286 g/mol. The number of nitrogens with one attached hydrogen (secondary N) is 2. The zero-order valence-corrected chi connectivity index (χ0v) is 13.3. The number of anilines is 2. The van der Waals surface area contributed by atoms with Gasteiger partial charge in [-0.2, -0.15) is 0 Å². The van der Waals surface area contributed by atoms with Crippen molar-refractivity contribution in [2.24, 2.45) is 23.7 Å². The van der Waals surface area contributed by atoms with E-state index in [0.29, 0.717) is 6.04 Å². The van der Waals surface area contributed by atoms with Crippen LogP contribution in [0.15, 0.2) is 0 Å². The van der Waals surface area contributed by atoms with E-state index in [-0.39, 0.29) is 0 Å². The Bertz CT molecular complexity index is 540. The van der Waals surface area contributed by atoms with Crippen molar-refractivity contribution in [1.82, 2.24) is 9.97 Å². The van der Waals surface area contributed by atoms with Gasteiger partial charge in [-0.3, -0.25) is 0 Å². The summed E-state index contributed by atoms with van der Waals surface area (Å²) in [6.45, 7) is 7.27. The second kappa shape index (κ2) is 4.85. The van der Waals surface area contributed by atoms with Gasteiger partial charge in [0.25, 0.3) is 0 Å². The lowest BCUT2D eigenvalue weighted by molar-refractivity contribution is 0.456. The van der Waals surface area contributed by atoms with Crippen molar-refractivity contribution >= 4 is 11.6 Å². The molecule has 114 valence electrons. The summed E-state index contributed by atoms with van der Waals surface area (Å²) in [5.74, 6) is 6.87. The van der Waals surface area contributed by atoms with Crippen LogP contribution in [0.4, 0.5) is 11.6 Å². The fourth-order valence-electron chi connectivity index (χ4n) is 4.88. The van der Waals surface area contributed by atoms with Crippen molar-refractivity contribution in [3.05, 3.63) is 11.4 Å². The van der Waals surface area contributed by atoms with E-state index in [0.717, 1.165) is 54.1 Å². The van der Waals surface area contributed by atoms with Gasteiger partial charge in [0.2, 0.25) is 0 Å². The second-order valence-corrected chi connectivity index (χ2v) is 7.00. The lowest BCUT2D eigenvalue weighted by Crippen LogP contribution is -2.17. The predicted octanol–water partition coefficient (Wildman–Crippen LogP) is 3.24. The van der Waals surface area contributed by atoms with Crippen molar-refractivity contribution in [3.8, 4) is 0 Å². The molecule has 4 rings (SSSR count). The molecule has 2 bridgehead atoms. The Morgan fingerprint density at radius 3 is 2.33 bits per heavy atom. The highest BCUT2D eigenvalue weighted by molar-refractivity contribution is 5.58. The first kappa shape index (κ1) is 13.4. The summed E-state index contributed by atoms with van der Waals surface area (Å²) in [6.07, 6.45) is 5.32. The van der Waals surface area contributed by atoms with Gasteiger partial charge in [-0.05, 0) is 56.8 Å². The van der Waals surface area contributed by atoms with E-state index in [9.17, 15) is 0 Å². The zero-order valence-electron chi connectivity index (χ0n) is 13.3. The van der Waals surface area contributed by atoms with Gasteiger partial charge in [0, 0.05) is 24.6 Å². The first-order chi connectivity index (χ1) is 10.2. The Labute approximate surface area is 127 Å². The molecule has 4 atom stereocenters. The molecule has 4 heteroatoms. The molecule has 0 radical (unpaired) electrons. The second-order valence-electron chi connectivity index (χ2n) is 7.00. The molecule has 0 amide bonds. The molecule has 0 saturated heterocycles. The highest BCUT2D eigenvalue weighted by atomic mass is 15.1. The van der Waals surface area contributed by atoms with Gasteiger partial charge in [-0.25, -0.2) is 9.97 Å². The maximum Gasteiger partial charge on any atom is 0.135 e. The zero-order chi connectivity index (χ0) is 14.6. The molecule has 1 aromatic heterocycles. The van der Waals surface area contributed by atoms with Gasteiger partial charge >= 0.3 is 0 Å². The molecule has 0 aromatic carbocycles. The molecule has 4 nitrogen and oxygen atoms in total. The lowest BCUT2D eigenvalue weighted by atomic mass is 10.0. The minimum absolute atomic E-state index is 0.684. The first-order valence-corrected chi connectivity index (χ1v) is 8.60. The van der Waals surface area contributed by atoms with E-state index in [1.165, 1.54) is 24.8 Å². The molecule has 3 aliphatic carbocycles. The third kappa shape index (κ3) is 2.02. The van der Waals surface area contributed by atoms with E-state index in [2.05, 4.69) is 36.4 Å². The molecule has 2 N–H and O–H groups in total. The smallest absolute Gasteiger partial charge is 0.135 e. The van der Waals surface area contributed by atoms with Crippen LogP contribution in [-0.2, 0) is 6.42 Å². The average Bonchev–Trinajstić information content (AvgIpc) is 2.87. The minimum atomic E-state index is 0.684. The van der Waals surface area contributed by atoms with Crippen molar-refractivity contribution in [1.29, 1.82) is 0 Å². The number of rotatable bonds is 5. The molecule has 1 aromatic rings. The molecule has 3 fully saturated rings. The lowest BCUT2D eigenvalue weighted by Gasteiger charge is -2.16. The maximum absolute atomic E-state index is 4.75. The highest BCUT2D eigenvalue weighted by Crippen LogP contribution is 2.66. The maximum atomic E-state index is 4.75. The van der Waals surface area contributed by atoms with Crippen LogP contribution in [0.5, 0.6) is 0 Å². The normalized spacial score (nSPS) is 35.7. The van der Waals surface area contributed by atoms with Gasteiger partial charge in [-0.15, -0.1) is 0 Å². The standard InChI is InChI=1S/C17H26N4/c1-4-12-19-16(18-5-2)9(3)17(20-12)21-15-13-10-6-7-11(8-10)14(13)15/h10-11,13-15H,4-8H2,1-3H3,(H2,18,19,20,21). The van der Waals surface area contributed by atoms with Crippen LogP contribution in [0.2, 0.25) is 0 Å². The summed E-state index contributed by atoms with van der Waals surface area (Å²) >= 11 is 0. The van der Waals surface area contributed by atoms with Crippen molar-refractivity contribution in [2.75, 3.05) is 17.2 Å². The van der Waals surface area contributed by atoms with Gasteiger partial charge in [0.1, 0.15) is 17.5 Å². The van der Waals surface area contributed by atoms with Crippen LogP contribution in [0, 0.1) is 30.6 Å². The van der Waals surface area contributed by atoms with Crippen molar-refractivity contribution in [3.63, 3.8) is 0 Å². The third-order valence-electron chi connectivity index (χ3n) is 5.89. The minimum Gasteiger partial charge on any atom is -0.370 e. The van der Waals surface area contributed by atoms with E-state index in [1.54, 1.807) is 0 Å². The topological polar surface area (TPSA) is 49.8 Å². The number of aryl methyl sites for hydroxylation is 1. The van der Waals surface area contributed by atoms with Crippen LogP contribution < -0.4 is 10.6 Å². The summed E-state index contributed by atoms with van der Waals surface area (Å²) in [7, 11) is 0. The highest BCUT2D eigenvalue weighted by Gasteiger charge is 2.65. The van der Waals surface area contributed by atoms with E-state index < -0.39 is 0 Å². The molecule has 3 saturated carbocycles. The summed E-state index contributed by atoms with van der Waals surface area (Å²) in [4.78, 5) is 9.37. The molecular formula is C17H26N4. The Balaban J connectivity index is 1.56. The number of fused-ring (bicyclic) bond motifs is 5. The monoisotopic (exact) mass is 286 g/mol. The summed E-state index contributed by atoms with van der Waals surface area (Å²) < 4.78 is 0. The molecule has 21 heavy (non-hydrogen) atoms. The molecule has 4 unspecified atom stereocenters. The number of hydrogen-bond donors (Lipinski definition) is 2. The predicted molar refractivity (Wildman–Crippen MR) is 85.5 cm³/mol. The molecule has 3 aliphatic rings. The third-order valence-corrected chi connectivity index (χ3v) is 5.89. The van der Waals surface area contributed by atoms with Crippen LogP contribution in [-0.4, -0.2) is 22.6 Å². The number of nitrogens with zero attached hydrogens (tertiary/aromatic N) is 2. The van der Waals surface area contributed by atoms with Crippen LogP contribution in [0.1, 0.15) is 44.5 Å². The Hall–Kier alpha value is -1.32. The quantitative estimate of drug-likeness (QED) is 0.872. The summed E-state index contributed by atoms with van der Waals surface area (Å²) in [5.41, 5.74) is 1.17. The Morgan fingerprint density at radius 1 is 1.05 bits per heavy atom. The van der Waals surface area contributed by atoms with Gasteiger partial charge in [0.15, 0.2) is 0 Å². The molecule has 0 aliphatic heterocycles. The van der Waals surface area contributed by atoms with Gasteiger partial charge in [0.05, 0.1) is 0 Å². The Kier molecular flexibility index (Phi) is 3.09. The van der Waals surface area contributed by atoms with Crippen LogP contribution in [0.3, 0.4) is 0 Å². The van der Waals surface area contributed by atoms with Crippen LogP contribution >= 0.6 is 0 Å². The largest absolute Gasteiger partial charge is 0.370 e. The van der Waals surface area contributed by atoms with Gasteiger partial charge < -0.3 is 10.6 Å². The SMILES string of the molecule is CCNc1nc(CC)nc(NC2C3C4CCC(C4)C23)c1C. The van der Waals surface area contributed by atoms with E-state index >= 15 is 0 Å². The van der Waals surface area contributed by atoms with Crippen molar-refractivity contribution in [2.45, 2.75) is 52.5 Å². The number of hydrogen-bond acceptors (Lipinski definition) is 4. The Morgan fingerprint density at radius 2 is 1.71 bits per heavy atom. The molecular weight excluding hydrogens is 260 g/mol. The van der Waals surface area contributed by atoms with E-state index in [4.69, 9.17) is 4.98 Å². The first-order valence-electron chi connectivity index (χ1n) is 8.60. The van der Waals surface area contributed by atoms with Crippen LogP contribution in [0.25, 0.3) is 0 Å².